The highest BCUT2D eigenvalue weighted by Gasteiger charge is 2.27. The van der Waals surface area contributed by atoms with Crippen LogP contribution in [0.3, 0.4) is 0 Å². The van der Waals surface area contributed by atoms with Crippen molar-refractivity contribution in [1.29, 1.82) is 0 Å². The Hall–Kier alpha value is -0.610. The second kappa shape index (κ2) is 6.08. The molecule has 1 heterocycles. The lowest BCUT2D eigenvalue weighted by molar-refractivity contribution is -0.120. The Kier molecular flexibility index (Phi) is 5.05. The van der Waals surface area contributed by atoms with Gasteiger partial charge in [-0.05, 0) is 26.2 Å². The number of carbonyl (C=O) groups excluding carboxylic acids is 1. The van der Waals surface area contributed by atoms with Crippen LogP contribution in [-0.4, -0.2) is 37.7 Å². The predicted octanol–water partition coefficient (Wildman–Crippen LogP) is 0.671. The van der Waals surface area contributed by atoms with Crippen molar-refractivity contribution in [2.75, 3.05) is 26.3 Å². The third-order valence-corrected chi connectivity index (χ3v) is 2.69. The number of hydrogen-bond acceptors (Lipinski definition) is 3. The number of rotatable bonds is 5. The zero-order valence-corrected chi connectivity index (χ0v) is 9.77. The van der Waals surface area contributed by atoms with E-state index in [9.17, 15) is 4.79 Å². The maximum absolute atomic E-state index is 11.4. The van der Waals surface area contributed by atoms with E-state index in [4.69, 9.17) is 4.74 Å². The van der Waals surface area contributed by atoms with Crippen LogP contribution in [-0.2, 0) is 9.53 Å². The standard InChI is InChI=1S/C11H22N2O2/c1-3-6-12-10(14)8-13-11(2)5-4-7-15-9-11/h13H,3-9H2,1-2H3,(H,12,14). The van der Waals surface area contributed by atoms with E-state index >= 15 is 0 Å². The molecule has 4 nitrogen and oxygen atoms in total. The number of nitrogens with one attached hydrogen (secondary N) is 2. The van der Waals surface area contributed by atoms with Crippen molar-refractivity contribution in [3.8, 4) is 0 Å². The monoisotopic (exact) mass is 214 g/mol. The van der Waals surface area contributed by atoms with Crippen molar-refractivity contribution in [3.05, 3.63) is 0 Å². The molecule has 0 bridgehead atoms. The molecule has 1 aliphatic heterocycles. The number of ether oxygens (including phenoxy) is 1. The Morgan fingerprint density at radius 3 is 2.93 bits per heavy atom. The summed E-state index contributed by atoms with van der Waals surface area (Å²) in [5, 5.41) is 6.12. The van der Waals surface area contributed by atoms with Gasteiger partial charge in [0.05, 0.1) is 13.2 Å². The van der Waals surface area contributed by atoms with Crippen LogP contribution in [0, 0.1) is 0 Å². The quantitative estimate of drug-likeness (QED) is 0.707. The van der Waals surface area contributed by atoms with Gasteiger partial charge in [0, 0.05) is 18.7 Å². The highest BCUT2D eigenvalue weighted by atomic mass is 16.5. The summed E-state index contributed by atoms with van der Waals surface area (Å²) in [4.78, 5) is 11.4. The zero-order chi connectivity index (χ0) is 11.1. The summed E-state index contributed by atoms with van der Waals surface area (Å²) in [5.74, 6) is 0.0728. The van der Waals surface area contributed by atoms with Gasteiger partial charge in [-0.15, -0.1) is 0 Å². The van der Waals surface area contributed by atoms with Crippen LogP contribution < -0.4 is 10.6 Å². The molecule has 1 saturated heterocycles. The summed E-state index contributed by atoms with van der Waals surface area (Å²) < 4.78 is 5.40. The van der Waals surface area contributed by atoms with Gasteiger partial charge in [-0.25, -0.2) is 0 Å². The molecule has 1 aliphatic rings. The van der Waals surface area contributed by atoms with E-state index in [0.717, 1.165) is 32.4 Å². The molecule has 0 saturated carbocycles. The lowest BCUT2D eigenvalue weighted by atomic mass is 9.95. The largest absolute Gasteiger partial charge is 0.380 e. The smallest absolute Gasteiger partial charge is 0.233 e. The van der Waals surface area contributed by atoms with E-state index in [-0.39, 0.29) is 11.4 Å². The SMILES string of the molecule is CCCNC(=O)CNC1(C)CCCOC1. The summed E-state index contributed by atoms with van der Waals surface area (Å²) in [7, 11) is 0. The molecule has 1 rings (SSSR count). The van der Waals surface area contributed by atoms with Gasteiger partial charge in [-0.1, -0.05) is 6.92 Å². The Morgan fingerprint density at radius 2 is 2.33 bits per heavy atom. The normalized spacial score (nSPS) is 26.3. The molecule has 2 N–H and O–H groups in total. The molecule has 1 atom stereocenters. The maximum atomic E-state index is 11.4. The summed E-state index contributed by atoms with van der Waals surface area (Å²) in [6, 6.07) is 0. The molecule has 0 aromatic rings. The minimum absolute atomic E-state index is 0.0260. The molecule has 1 amide bonds. The fourth-order valence-electron chi connectivity index (χ4n) is 1.69. The van der Waals surface area contributed by atoms with Gasteiger partial charge in [0.2, 0.25) is 5.91 Å². The highest BCUT2D eigenvalue weighted by Crippen LogP contribution is 2.17. The average Bonchev–Trinajstić information content (AvgIpc) is 2.25. The zero-order valence-electron chi connectivity index (χ0n) is 9.77. The molecule has 15 heavy (non-hydrogen) atoms. The molecule has 4 heteroatoms. The van der Waals surface area contributed by atoms with Gasteiger partial charge in [-0.2, -0.15) is 0 Å². The fraction of sp³-hybridized carbons (Fsp3) is 0.909. The number of carbonyl (C=O) groups is 1. The lowest BCUT2D eigenvalue weighted by Gasteiger charge is -2.34. The average molecular weight is 214 g/mol. The van der Waals surface area contributed by atoms with Crippen LogP contribution in [0.2, 0.25) is 0 Å². The Bertz CT molecular complexity index is 201. The summed E-state index contributed by atoms with van der Waals surface area (Å²) >= 11 is 0. The molecule has 88 valence electrons. The van der Waals surface area contributed by atoms with E-state index in [1.807, 2.05) is 6.92 Å². The molecular formula is C11H22N2O2. The van der Waals surface area contributed by atoms with Crippen molar-refractivity contribution >= 4 is 5.91 Å². The third kappa shape index (κ3) is 4.62. The predicted molar refractivity (Wildman–Crippen MR) is 59.8 cm³/mol. The first kappa shape index (κ1) is 12.5. The Morgan fingerprint density at radius 1 is 1.53 bits per heavy atom. The molecule has 1 fully saturated rings. The van der Waals surface area contributed by atoms with Crippen molar-refractivity contribution in [1.82, 2.24) is 10.6 Å². The van der Waals surface area contributed by atoms with Crippen LogP contribution in [0.4, 0.5) is 0 Å². The van der Waals surface area contributed by atoms with Gasteiger partial charge < -0.3 is 15.4 Å². The first-order valence-electron chi connectivity index (χ1n) is 5.76. The van der Waals surface area contributed by atoms with Crippen LogP contribution in [0.15, 0.2) is 0 Å². The van der Waals surface area contributed by atoms with E-state index in [2.05, 4.69) is 17.6 Å². The summed E-state index contributed by atoms with van der Waals surface area (Å²) in [6.07, 6.45) is 3.13. The van der Waals surface area contributed by atoms with Gasteiger partial charge >= 0.3 is 0 Å². The summed E-state index contributed by atoms with van der Waals surface area (Å²) in [6.45, 7) is 6.85. The Labute approximate surface area is 91.8 Å². The maximum Gasteiger partial charge on any atom is 0.233 e. The van der Waals surface area contributed by atoms with Crippen molar-refractivity contribution < 1.29 is 9.53 Å². The lowest BCUT2D eigenvalue weighted by Crippen LogP contribution is -2.52. The topological polar surface area (TPSA) is 50.4 Å². The fourth-order valence-corrected chi connectivity index (χ4v) is 1.69. The van der Waals surface area contributed by atoms with Gasteiger partial charge in [0.1, 0.15) is 0 Å². The van der Waals surface area contributed by atoms with Crippen molar-refractivity contribution in [2.24, 2.45) is 0 Å². The van der Waals surface area contributed by atoms with Crippen molar-refractivity contribution in [3.63, 3.8) is 0 Å². The van der Waals surface area contributed by atoms with Crippen LogP contribution in [0.25, 0.3) is 0 Å². The Balaban J connectivity index is 2.19. The minimum atomic E-state index is -0.0260. The molecule has 0 aliphatic carbocycles. The molecule has 0 aromatic carbocycles. The van der Waals surface area contributed by atoms with E-state index < -0.39 is 0 Å². The van der Waals surface area contributed by atoms with Gasteiger partial charge in [0.15, 0.2) is 0 Å². The third-order valence-electron chi connectivity index (χ3n) is 2.69. The second-order valence-electron chi connectivity index (χ2n) is 4.42. The van der Waals surface area contributed by atoms with E-state index in [1.165, 1.54) is 0 Å². The van der Waals surface area contributed by atoms with Gasteiger partial charge in [0.25, 0.3) is 0 Å². The van der Waals surface area contributed by atoms with Crippen molar-refractivity contribution in [2.45, 2.75) is 38.6 Å². The number of hydrogen-bond donors (Lipinski definition) is 2. The van der Waals surface area contributed by atoms with Gasteiger partial charge in [-0.3, -0.25) is 4.79 Å². The van der Waals surface area contributed by atoms with E-state index in [1.54, 1.807) is 0 Å². The molecule has 0 aromatic heterocycles. The molecule has 1 unspecified atom stereocenters. The second-order valence-corrected chi connectivity index (χ2v) is 4.42. The van der Waals surface area contributed by atoms with Crippen LogP contribution >= 0.6 is 0 Å². The number of amides is 1. The molecular weight excluding hydrogens is 192 g/mol. The van der Waals surface area contributed by atoms with Crippen LogP contribution in [0.5, 0.6) is 0 Å². The van der Waals surface area contributed by atoms with Crippen LogP contribution in [0.1, 0.15) is 33.1 Å². The van der Waals surface area contributed by atoms with E-state index in [0.29, 0.717) is 13.2 Å². The highest BCUT2D eigenvalue weighted by molar-refractivity contribution is 5.78. The first-order valence-corrected chi connectivity index (χ1v) is 5.76. The summed E-state index contributed by atoms with van der Waals surface area (Å²) in [5.41, 5.74) is -0.0260. The molecule has 0 radical (unpaired) electrons. The molecule has 0 spiro atoms. The first-order chi connectivity index (χ1) is 7.16. The minimum Gasteiger partial charge on any atom is -0.380 e.